The minimum absolute atomic E-state index is 0.00646. The lowest BCUT2D eigenvalue weighted by Gasteiger charge is -2.42. The number of carbonyl (C=O) groups excluding carboxylic acids is 4. The molecule has 1 aliphatic carbocycles. The number of aliphatic hydroxyl groups excluding tert-OH is 2. The number of methoxy groups -OCH3 is 3. The number of Topliss-reactive ketones (excluding diaryl/α,β-unsaturated/α-hetero) is 2. The maximum Gasteiger partial charge on any atom is 0.329 e. The van der Waals surface area contributed by atoms with Crippen molar-refractivity contribution in [1.29, 1.82) is 0 Å². The van der Waals surface area contributed by atoms with Crippen molar-refractivity contribution in [3.05, 3.63) is 47.6 Å². The number of carbonyl (C=O) groups is 4. The molecule has 3 fully saturated rings. The zero-order valence-electron chi connectivity index (χ0n) is 39.5. The van der Waals surface area contributed by atoms with Crippen LogP contribution < -0.4 is 0 Å². The molecule has 2 bridgehead atoms. The number of hydrogen-bond acceptors (Lipinski definition) is 12. The molecule has 13 nitrogen and oxygen atoms in total. The van der Waals surface area contributed by atoms with Gasteiger partial charge >= 0.3 is 5.97 Å². The van der Waals surface area contributed by atoms with Gasteiger partial charge in [-0.2, -0.15) is 0 Å². The van der Waals surface area contributed by atoms with Gasteiger partial charge in [-0.3, -0.25) is 14.4 Å². The van der Waals surface area contributed by atoms with E-state index in [9.17, 15) is 34.5 Å². The van der Waals surface area contributed by atoms with E-state index >= 15 is 0 Å². The Hall–Kier alpha value is -3.04. The number of cyclic esters (lactones) is 1. The standard InChI is InChI=1S/C50H79NO12/c1-31-15-11-10-12-16-33(3)42(59-7)30-39-22-19-36(6)50(58,63-39)47(55)48(56)51-24-14-13-17-40(51)49(57)62-43(35(5)27-37-20-23-41(53)44(28-37)60-8)29-38(52)21-18-34(4)46(54)45(61-9)26-32(2)25-31/h10-12,15-16,18,31-32,35-37,39-46,53-54,58H,13-14,17,19-30H2,1-9H3/b12-10?,15-11+,33-16?,34-18+/t31-,32-,35-,36-,37+,39?,40+,41-,42+,43+,44-,45+,46-,50-/m1/s1. The highest BCUT2D eigenvalue weighted by Crippen LogP contribution is 2.37. The van der Waals surface area contributed by atoms with E-state index in [4.69, 9.17) is 23.7 Å². The van der Waals surface area contributed by atoms with E-state index < -0.39 is 65.9 Å². The lowest BCUT2D eigenvalue weighted by atomic mass is 9.78. The first-order chi connectivity index (χ1) is 29.9. The Morgan fingerprint density at radius 3 is 2.27 bits per heavy atom. The number of rotatable bonds is 6. The number of ether oxygens (including phenoxy) is 5. The Bertz CT molecular complexity index is 1640. The van der Waals surface area contributed by atoms with Gasteiger partial charge in [0, 0.05) is 53.1 Å². The van der Waals surface area contributed by atoms with Crippen LogP contribution in [0.1, 0.15) is 131 Å². The third-order valence-electron chi connectivity index (χ3n) is 14.2. The smallest absolute Gasteiger partial charge is 0.329 e. The number of piperidine rings is 1. The monoisotopic (exact) mass is 886 g/mol. The molecule has 0 spiro atoms. The molecule has 0 aromatic heterocycles. The van der Waals surface area contributed by atoms with Crippen LogP contribution in [-0.2, 0) is 42.9 Å². The van der Waals surface area contributed by atoms with Crippen molar-refractivity contribution in [2.75, 3.05) is 27.9 Å². The third kappa shape index (κ3) is 14.7. The van der Waals surface area contributed by atoms with Crippen molar-refractivity contribution in [3.8, 4) is 0 Å². The minimum Gasteiger partial charge on any atom is -0.460 e. The summed E-state index contributed by atoms with van der Waals surface area (Å²) in [5, 5.41) is 33.7. The Labute approximate surface area is 376 Å². The summed E-state index contributed by atoms with van der Waals surface area (Å²) in [5.41, 5.74) is 1.54. The van der Waals surface area contributed by atoms with E-state index in [1.54, 1.807) is 41.3 Å². The van der Waals surface area contributed by atoms with E-state index in [0.29, 0.717) is 63.4 Å². The summed E-state index contributed by atoms with van der Waals surface area (Å²) >= 11 is 0. The average Bonchev–Trinajstić information content (AvgIpc) is 3.26. The molecule has 0 radical (unpaired) electrons. The van der Waals surface area contributed by atoms with Crippen LogP contribution in [0.5, 0.6) is 0 Å². The number of hydrogen-bond donors (Lipinski definition) is 3. The highest BCUT2D eigenvalue weighted by molar-refractivity contribution is 6.39. The van der Waals surface area contributed by atoms with Crippen molar-refractivity contribution < 1.29 is 58.2 Å². The van der Waals surface area contributed by atoms with Crippen LogP contribution in [0.3, 0.4) is 0 Å². The normalized spacial score (nSPS) is 38.8. The second-order valence-electron chi connectivity index (χ2n) is 19.3. The largest absolute Gasteiger partial charge is 0.460 e. The maximum absolute atomic E-state index is 14.3. The van der Waals surface area contributed by atoms with Crippen molar-refractivity contribution in [2.24, 2.45) is 29.6 Å². The number of esters is 1. The minimum atomic E-state index is -2.40. The van der Waals surface area contributed by atoms with Crippen molar-refractivity contribution in [3.63, 3.8) is 0 Å². The molecule has 356 valence electrons. The fourth-order valence-corrected chi connectivity index (χ4v) is 10.0. The van der Waals surface area contributed by atoms with Gasteiger partial charge in [0.25, 0.3) is 11.7 Å². The van der Waals surface area contributed by atoms with E-state index in [1.165, 1.54) is 4.90 Å². The SMILES string of the molecule is CO[C@H]1CC2CC[C@@H](C)[C@@](O)(O2)C(=O)C(=O)N2CCCC[C@H]2C(=O)O[C@H]([C@H](C)C[C@@H]2CC[C@@H](O)[C@H](OC)C2)CC(=O)C/C=C(\C)[C@@H](O)[C@@H](OC)C[C@H](C)C[C@H](C)/C=C/C=CC=C1C. The Kier molecular flexibility index (Phi) is 20.9. The molecule has 3 aliphatic heterocycles. The molecule has 1 unspecified atom stereocenters. The van der Waals surface area contributed by atoms with Crippen molar-refractivity contribution in [1.82, 2.24) is 4.90 Å². The number of ketones is 2. The molecular formula is C50H79NO12. The molecule has 14 atom stereocenters. The topological polar surface area (TPSA) is 178 Å². The summed E-state index contributed by atoms with van der Waals surface area (Å²) in [4.78, 5) is 57.6. The second kappa shape index (κ2) is 25.0. The first kappa shape index (κ1) is 52.6. The summed E-state index contributed by atoms with van der Waals surface area (Å²) in [6.45, 7) is 11.8. The summed E-state index contributed by atoms with van der Waals surface area (Å²) in [5.74, 6) is -5.72. The number of amides is 1. The summed E-state index contributed by atoms with van der Waals surface area (Å²) in [6.07, 6.45) is 14.4. The number of allylic oxidation sites excluding steroid dienone is 6. The third-order valence-corrected chi connectivity index (χ3v) is 14.2. The van der Waals surface area contributed by atoms with Gasteiger partial charge in [0.1, 0.15) is 24.0 Å². The highest BCUT2D eigenvalue weighted by atomic mass is 16.6. The first-order valence-electron chi connectivity index (χ1n) is 23.5. The van der Waals surface area contributed by atoms with Crippen LogP contribution in [0.4, 0.5) is 0 Å². The quantitative estimate of drug-likeness (QED) is 0.145. The lowest BCUT2D eigenvalue weighted by Crippen LogP contribution is -2.61. The molecular weight excluding hydrogens is 807 g/mol. The van der Waals surface area contributed by atoms with Gasteiger partial charge in [-0.15, -0.1) is 0 Å². The zero-order valence-corrected chi connectivity index (χ0v) is 39.5. The van der Waals surface area contributed by atoms with Crippen molar-refractivity contribution in [2.45, 2.75) is 186 Å². The predicted molar refractivity (Wildman–Crippen MR) is 240 cm³/mol. The van der Waals surface area contributed by atoms with Crippen LogP contribution in [0.2, 0.25) is 0 Å². The van der Waals surface area contributed by atoms with Gasteiger partial charge in [-0.1, -0.05) is 64.2 Å². The van der Waals surface area contributed by atoms with Gasteiger partial charge in [0.05, 0.1) is 30.5 Å². The second-order valence-corrected chi connectivity index (χ2v) is 19.3. The highest BCUT2D eigenvalue weighted by Gasteiger charge is 2.53. The number of aliphatic hydroxyl groups is 3. The molecule has 3 N–H and O–H groups in total. The average molecular weight is 886 g/mol. The van der Waals surface area contributed by atoms with Crippen LogP contribution in [0.15, 0.2) is 47.6 Å². The van der Waals surface area contributed by atoms with Gasteiger partial charge in [0.15, 0.2) is 0 Å². The van der Waals surface area contributed by atoms with Crippen LogP contribution in [0.25, 0.3) is 0 Å². The van der Waals surface area contributed by atoms with E-state index in [1.807, 2.05) is 38.2 Å². The molecule has 13 heteroatoms. The van der Waals surface area contributed by atoms with Crippen molar-refractivity contribution >= 4 is 23.4 Å². The van der Waals surface area contributed by atoms with Crippen LogP contribution in [-0.4, -0.2) is 126 Å². The summed E-state index contributed by atoms with van der Waals surface area (Å²) < 4.78 is 29.6. The molecule has 63 heavy (non-hydrogen) atoms. The summed E-state index contributed by atoms with van der Waals surface area (Å²) in [7, 11) is 4.77. The van der Waals surface area contributed by atoms with E-state index in [0.717, 1.165) is 18.4 Å². The maximum atomic E-state index is 14.3. The Balaban J connectivity index is 1.66. The molecule has 4 rings (SSSR count). The predicted octanol–water partition coefficient (Wildman–Crippen LogP) is 6.76. The summed E-state index contributed by atoms with van der Waals surface area (Å²) in [6, 6.07) is -1.10. The van der Waals surface area contributed by atoms with Gasteiger partial charge in [-0.05, 0) is 119 Å². The Morgan fingerprint density at radius 1 is 0.841 bits per heavy atom. The van der Waals surface area contributed by atoms with Crippen LogP contribution in [0, 0.1) is 29.6 Å². The molecule has 1 saturated carbocycles. The molecule has 1 amide bonds. The molecule has 0 aromatic carbocycles. The fourth-order valence-electron chi connectivity index (χ4n) is 10.0. The first-order valence-corrected chi connectivity index (χ1v) is 23.5. The molecule has 3 heterocycles. The van der Waals surface area contributed by atoms with E-state index in [2.05, 4.69) is 19.9 Å². The Morgan fingerprint density at radius 2 is 1.57 bits per heavy atom. The van der Waals surface area contributed by atoms with Crippen LogP contribution >= 0.6 is 0 Å². The number of fused-ring (bicyclic) bond motifs is 3. The van der Waals surface area contributed by atoms with Gasteiger partial charge < -0.3 is 43.9 Å². The zero-order chi connectivity index (χ0) is 46.4. The molecule has 4 aliphatic rings. The number of nitrogens with zero attached hydrogens (tertiary/aromatic N) is 1. The molecule has 2 saturated heterocycles. The lowest BCUT2D eigenvalue weighted by molar-refractivity contribution is -0.265. The van der Waals surface area contributed by atoms with E-state index in [-0.39, 0.29) is 67.5 Å². The fraction of sp³-hybridized carbons (Fsp3) is 0.760. The van der Waals surface area contributed by atoms with Gasteiger partial charge in [-0.25, -0.2) is 4.79 Å². The molecule has 0 aromatic rings. The van der Waals surface area contributed by atoms with Gasteiger partial charge in [0.2, 0.25) is 5.79 Å².